The van der Waals surface area contributed by atoms with E-state index in [0.717, 1.165) is 25.7 Å². The van der Waals surface area contributed by atoms with Gasteiger partial charge in [-0.3, -0.25) is 0 Å². The van der Waals surface area contributed by atoms with Crippen LogP contribution in [0.1, 0.15) is 127 Å². The van der Waals surface area contributed by atoms with Gasteiger partial charge in [-0.1, -0.05) is 118 Å². The minimum absolute atomic E-state index is 0.0175. The van der Waals surface area contributed by atoms with Gasteiger partial charge in [0, 0.05) is 6.42 Å². The molecule has 0 radical (unpaired) electrons. The molecule has 0 aromatic rings. The van der Waals surface area contributed by atoms with Crippen molar-refractivity contribution >= 4 is 16.6 Å². The molecular weight excluding hydrogens is 609 g/mol. The van der Waals surface area contributed by atoms with Crippen molar-refractivity contribution in [2.45, 2.75) is 181 Å². The highest BCUT2D eigenvalue weighted by Crippen LogP contribution is 2.59. The van der Waals surface area contributed by atoms with E-state index in [1.807, 2.05) is 6.08 Å². The molecule has 0 bridgehead atoms. The van der Waals surface area contributed by atoms with Gasteiger partial charge in [0.25, 0.3) is 0 Å². The minimum Gasteiger partial charge on any atom is -0.413 e. The van der Waals surface area contributed by atoms with Crippen LogP contribution >= 0.6 is 0 Å². The molecule has 3 aliphatic carbocycles. The fourth-order valence-corrected chi connectivity index (χ4v) is 10.7. The van der Waals surface area contributed by atoms with Gasteiger partial charge in [0.15, 0.2) is 16.6 Å². The first kappa shape index (κ1) is 40.4. The second-order valence-corrected chi connectivity index (χ2v) is 28.3. The molecule has 47 heavy (non-hydrogen) atoms. The number of hydrogen-bond acceptors (Lipinski definition) is 3. The number of rotatable bonds is 11. The molecule has 0 aromatic heterocycles. The Hall–Kier alpha value is -0.986. The first-order valence-corrected chi connectivity index (χ1v) is 24.8. The van der Waals surface area contributed by atoms with Gasteiger partial charge in [0.05, 0.1) is 17.8 Å². The summed E-state index contributed by atoms with van der Waals surface area (Å²) in [5.74, 6) is 1.84. The van der Waals surface area contributed by atoms with Crippen LogP contribution in [0.15, 0.2) is 59.8 Å². The molecule has 3 nitrogen and oxygen atoms in total. The Bertz CT molecular complexity index is 1200. The Morgan fingerprint density at radius 2 is 1.53 bits per heavy atom. The maximum absolute atomic E-state index is 10.6. The van der Waals surface area contributed by atoms with Crippen LogP contribution in [0.4, 0.5) is 0 Å². The van der Waals surface area contributed by atoms with E-state index in [-0.39, 0.29) is 22.3 Å². The fraction of sp³-hybridized carbons (Fsp3) is 0.762. The summed E-state index contributed by atoms with van der Waals surface area (Å²) in [5, 5.41) is 11.0. The third-order valence-electron chi connectivity index (χ3n) is 13.6. The van der Waals surface area contributed by atoms with Crippen LogP contribution in [0.5, 0.6) is 0 Å². The molecule has 0 amide bonds. The van der Waals surface area contributed by atoms with Crippen LogP contribution in [0.2, 0.25) is 36.3 Å². The standard InChI is InChI=1S/C42H74O3Si2/c1-16-42(43,17-2)28-19-18-21-31(3)36-25-26-37-33(22-20-27-41(36,37)11)23-24-34-29-35(44-46(12,13)39(5,6)7)30-38(32(34)4)45-47(14,15)40(8,9)10/h18-19,21,23-24,28,31,35-38,43H,4,16-17,20,22,25-27,29-30H2,1-3,5-15H3/t31?,35?,36?,37?,38?,41-/m1/s1. The zero-order valence-electron chi connectivity index (χ0n) is 33.2. The van der Waals surface area contributed by atoms with Crippen molar-refractivity contribution in [1.82, 2.24) is 0 Å². The molecule has 1 N–H and O–H groups in total. The van der Waals surface area contributed by atoms with Crippen LogP contribution in [-0.2, 0) is 8.85 Å². The average molecular weight is 683 g/mol. The third-order valence-corrected chi connectivity index (χ3v) is 22.6. The molecule has 0 saturated heterocycles. The Morgan fingerprint density at radius 3 is 2.11 bits per heavy atom. The summed E-state index contributed by atoms with van der Waals surface area (Å²) in [5.41, 5.74) is 3.79. The number of allylic oxidation sites excluding steroid dienone is 6. The van der Waals surface area contributed by atoms with Gasteiger partial charge in [-0.15, -0.1) is 0 Å². The van der Waals surface area contributed by atoms with Gasteiger partial charge in [-0.25, -0.2) is 0 Å². The molecule has 0 spiro atoms. The highest BCUT2D eigenvalue weighted by Gasteiger charge is 2.50. The zero-order chi connectivity index (χ0) is 35.6. The summed E-state index contributed by atoms with van der Waals surface area (Å²) < 4.78 is 14.2. The Balaban J connectivity index is 1.87. The first-order chi connectivity index (χ1) is 21.5. The number of hydrogen-bond donors (Lipinski definition) is 1. The lowest BCUT2D eigenvalue weighted by molar-refractivity contribution is 0.0828. The minimum atomic E-state index is -1.99. The van der Waals surface area contributed by atoms with Crippen molar-refractivity contribution in [1.29, 1.82) is 0 Å². The number of fused-ring (bicyclic) bond motifs is 1. The molecule has 6 atom stereocenters. The van der Waals surface area contributed by atoms with Gasteiger partial charge in [-0.2, -0.15) is 0 Å². The van der Waals surface area contributed by atoms with Crippen LogP contribution in [0, 0.1) is 23.2 Å². The van der Waals surface area contributed by atoms with Gasteiger partial charge in [0.1, 0.15) is 0 Å². The van der Waals surface area contributed by atoms with E-state index in [1.54, 1.807) is 5.57 Å². The highest BCUT2D eigenvalue weighted by molar-refractivity contribution is 6.74. The molecule has 268 valence electrons. The Labute approximate surface area is 293 Å². The Kier molecular flexibility index (Phi) is 13.0. The normalized spacial score (nSPS) is 31.0. The SMILES string of the molecule is C=C1C(=CC=C2CCC[C@@]3(C)C2CCC3C(C)C=CC=CC(O)(CC)CC)CC(O[Si](C)(C)C(C)(C)C)CC1O[Si](C)(C)C(C)(C)C. The van der Waals surface area contributed by atoms with Crippen molar-refractivity contribution in [3.8, 4) is 0 Å². The van der Waals surface area contributed by atoms with Gasteiger partial charge < -0.3 is 14.0 Å². The lowest BCUT2D eigenvalue weighted by Crippen LogP contribution is -2.49. The quantitative estimate of drug-likeness (QED) is 0.174. The maximum Gasteiger partial charge on any atom is 0.192 e. The fourth-order valence-electron chi connectivity index (χ4n) is 8.00. The van der Waals surface area contributed by atoms with E-state index >= 15 is 0 Å². The molecule has 3 fully saturated rings. The monoisotopic (exact) mass is 683 g/mol. The summed E-state index contributed by atoms with van der Waals surface area (Å²) in [7, 11) is -3.92. The first-order valence-electron chi connectivity index (χ1n) is 19.0. The van der Waals surface area contributed by atoms with E-state index < -0.39 is 22.2 Å². The van der Waals surface area contributed by atoms with E-state index in [0.29, 0.717) is 23.2 Å². The molecule has 5 heteroatoms. The number of aliphatic hydroxyl groups is 1. The van der Waals surface area contributed by atoms with Crippen molar-refractivity contribution in [3.05, 3.63) is 59.8 Å². The summed E-state index contributed by atoms with van der Waals surface area (Å²) in [6, 6.07) is 0. The highest BCUT2D eigenvalue weighted by atomic mass is 28.4. The van der Waals surface area contributed by atoms with Crippen molar-refractivity contribution < 1.29 is 14.0 Å². The van der Waals surface area contributed by atoms with E-state index in [2.05, 4.69) is 126 Å². The van der Waals surface area contributed by atoms with Crippen LogP contribution in [0.25, 0.3) is 0 Å². The van der Waals surface area contributed by atoms with Crippen molar-refractivity contribution in [2.24, 2.45) is 23.2 Å². The van der Waals surface area contributed by atoms with E-state index in [1.165, 1.54) is 43.3 Å². The smallest absolute Gasteiger partial charge is 0.192 e. The summed E-state index contributed by atoms with van der Waals surface area (Å²) in [6.45, 7) is 37.3. The van der Waals surface area contributed by atoms with E-state index in [9.17, 15) is 5.11 Å². The average Bonchev–Trinajstić information content (AvgIpc) is 3.32. The van der Waals surface area contributed by atoms with E-state index in [4.69, 9.17) is 15.4 Å². The maximum atomic E-state index is 10.6. The Morgan fingerprint density at radius 1 is 0.936 bits per heavy atom. The van der Waals surface area contributed by atoms with Gasteiger partial charge in [0.2, 0.25) is 0 Å². The predicted octanol–water partition coefficient (Wildman–Crippen LogP) is 12.5. The van der Waals surface area contributed by atoms with Crippen LogP contribution in [0.3, 0.4) is 0 Å². The summed E-state index contributed by atoms with van der Waals surface area (Å²) in [4.78, 5) is 0. The van der Waals surface area contributed by atoms with Gasteiger partial charge in [-0.05, 0) is 122 Å². The summed E-state index contributed by atoms with van der Waals surface area (Å²) >= 11 is 0. The zero-order valence-corrected chi connectivity index (χ0v) is 35.2. The van der Waals surface area contributed by atoms with Crippen molar-refractivity contribution in [3.63, 3.8) is 0 Å². The predicted molar refractivity (Wildman–Crippen MR) is 210 cm³/mol. The lowest BCUT2D eigenvalue weighted by atomic mass is 9.61. The molecule has 0 aromatic carbocycles. The lowest BCUT2D eigenvalue weighted by Gasteiger charge is -2.45. The molecule has 0 heterocycles. The molecule has 0 aliphatic heterocycles. The topological polar surface area (TPSA) is 38.7 Å². The second-order valence-electron chi connectivity index (χ2n) is 18.8. The molecule has 3 saturated carbocycles. The molecule has 5 unspecified atom stereocenters. The third kappa shape index (κ3) is 9.42. The molecular formula is C42H74O3Si2. The largest absolute Gasteiger partial charge is 0.413 e. The molecule has 3 aliphatic rings. The summed E-state index contributed by atoms with van der Waals surface area (Å²) in [6.07, 6.45) is 23.4. The van der Waals surface area contributed by atoms with Crippen LogP contribution < -0.4 is 0 Å². The van der Waals surface area contributed by atoms with Gasteiger partial charge >= 0.3 is 0 Å². The van der Waals surface area contributed by atoms with Crippen molar-refractivity contribution in [2.75, 3.05) is 0 Å². The molecule has 3 rings (SSSR count). The second kappa shape index (κ2) is 15.1. The van der Waals surface area contributed by atoms with Crippen LogP contribution in [-0.4, -0.2) is 39.6 Å².